The van der Waals surface area contributed by atoms with Gasteiger partial charge in [0.1, 0.15) is 0 Å². The third-order valence-corrected chi connectivity index (χ3v) is 4.32. The Kier molecular flexibility index (Phi) is 3.14. The minimum absolute atomic E-state index is 1.03. The van der Waals surface area contributed by atoms with Crippen molar-refractivity contribution in [2.24, 2.45) is 0 Å². The van der Waals surface area contributed by atoms with Crippen molar-refractivity contribution < 1.29 is 0 Å². The van der Waals surface area contributed by atoms with E-state index in [1.807, 2.05) is 11.3 Å². The Labute approximate surface area is 106 Å². The van der Waals surface area contributed by atoms with Gasteiger partial charge in [0.2, 0.25) is 0 Å². The van der Waals surface area contributed by atoms with Crippen molar-refractivity contribution in [3.05, 3.63) is 51.7 Å². The van der Waals surface area contributed by atoms with Gasteiger partial charge in [-0.05, 0) is 60.4 Å². The van der Waals surface area contributed by atoms with Gasteiger partial charge in [-0.25, -0.2) is 0 Å². The first-order chi connectivity index (χ1) is 8.42. The zero-order chi connectivity index (χ0) is 11.5. The quantitative estimate of drug-likeness (QED) is 0.859. The summed E-state index contributed by atoms with van der Waals surface area (Å²) in [6.07, 6.45) is 4.98. The third kappa shape index (κ3) is 2.52. The zero-order valence-corrected chi connectivity index (χ0v) is 10.7. The molecule has 2 aromatic rings. The molecule has 0 bridgehead atoms. The summed E-state index contributed by atoms with van der Waals surface area (Å²) >= 11 is 1.84. The molecule has 3 rings (SSSR count). The predicted molar refractivity (Wildman–Crippen MR) is 75.0 cm³/mol. The first-order valence-corrected chi connectivity index (χ1v) is 7.18. The van der Waals surface area contributed by atoms with E-state index >= 15 is 0 Å². The van der Waals surface area contributed by atoms with Gasteiger partial charge in [0.15, 0.2) is 0 Å². The monoisotopic (exact) mass is 243 g/mol. The van der Waals surface area contributed by atoms with Crippen LogP contribution < -0.4 is 5.32 Å². The van der Waals surface area contributed by atoms with Crippen molar-refractivity contribution in [2.45, 2.75) is 25.7 Å². The summed E-state index contributed by atoms with van der Waals surface area (Å²) < 4.78 is 0. The molecule has 0 radical (unpaired) electrons. The Morgan fingerprint density at radius 3 is 2.94 bits per heavy atom. The van der Waals surface area contributed by atoms with Gasteiger partial charge in [0.25, 0.3) is 0 Å². The van der Waals surface area contributed by atoms with Gasteiger partial charge in [-0.2, -0.15) is 0 Å². The maximum absolute atomic E-state index is 3.52. The highest BCUT2D eigenvalue weighted by Crippen LogP contribution is 2.24. The Morgan fingerprint density at radius 2 is 2.06 bits per heavy atom. The molecule has 17 heavy (non-hydrogen) atoms. The molecular weight excluding hydrogens is 226 g/mol. The number of anilines is 1. The molecule has 88 valence electrons. The number of fused-ring (bicyclic) bond motifs is 1. The molecule has 1 nitrogen and oxygen atoms in total. The fraction of sp³-hybridized carbons (Fsp3) is 0.333. The highest BCUT2D eigenvalue weighted by molar-refractivity contribution is 7.09. The highest BCUT2D eigenvalue weighted by Gasteiger charge is 2.10. The van der Waals surface area contributed by atoms with Gasteiger partial charge < -0.3 is 5.32 Å². The summed E-state index contributed by atoms with van der Waals surface area (Å²) in [6, 6.07) is 11.2. The first kappa shape index (κ1) is 10.8. The summed E-state index contributed by atoms with van der Waals surface area (Å²) in [4.78, 5) is 1.46. The van der Waals surface area contributed by atoms with E-state index in [9.17, 15) is 0 Å². The third-order valence-electron chi connectivity index (χ3n) is 3.38. The molecule has 1 aromatic heterocycles. The summed E-state index contributed by atoms with van der Waals surface area (Å²) in [5.74, 6) is 0. The fourth-order valence-corrected chi connectivity index (χ4v) is 3.18. The molecule has 1 heterocycles. The normalized spacial score (nSPS) is 13.6. The molecule has 0 saturated carbocycles. The summed E-state index contributed by atoms with van der Waals surface area (Å²) in [6.45, 7) is 1.03. The van der Waals surface area contributed by atoms with Crippen molar-refractivity contribution in [1.29, 1.82) is 0 Å². The second-order valence-corrected chi connectivity index (χ2v) is 5.63. The Morgan fingerprint density at radius 1 is 1.12 bits per heavy atom. The van der Waals surface area contributed by atoms with E-state index in [0.29, 0.717) is 0 Å². The Bertz CT molecular complexity index is 488. The molecule has 0 unspecified atom stereocenters. The van der Waals surface area contributed by atoms with Gasteiger partial charge in [0, 0.05) is 17.1 Å². The van der Waals surface area contributed by atoms with Gasteiger partial charge in [-0.3, -0.25) is 0 Å². The average Bonchev–Trinajstić information content (AvgIpc) is 2.98. The van der Waals surface area contributed by atoms with E-state index in [1.54, 1.807) is 11.1 Å². The maximum Gasteiger partial charge on any atom is 0.0343 e. The number of rotatable bonds is 4. The molecule has 0 atom stereocenters. The number of aryl methyl sites for hydroxylation is 2. The number of nitrogens with one attached hydrogen (secondary N) is 1. The van der Waals surface area contributed by atoms with Gasteiger partial charge in [-0.15, -0.1) is 11.3 Å². The lowest BCUT2D eigenvalue weighted by molar-refractivity contribution is 0.911. The second-order valence-electron chi connectivity index (χ2n) is 4.59. The Hall–Kier alpha value is -1.28. The van der Waals surface area contributed by atoms with E-state index in [4.69, 9.17) is 0 Å². The van der Waals surface area contributed by atoms with Crippen LogP contribution in [0.3, 0.4) is 0 Å². The molecule has 1 aromatic carbocycles. The summed E-state index contributed by atoms with van der Waals surface area (Å²) in [5.41, 5.74) is 4.38. The minimum Gasteiger partial charge on any atom is -0.385 e. The summed E-state index contributed by atoms with van der Waals surface area (Å²) in [5, 5.41) is 5.66. The molecule has 2 heteroatoms. The van der Waals surface area contributed by atoms with Gasteiger partial charge in [-0.1, -0.05) is 12.1 Å². The van der Waals surface area contributed by atoms with E-state index in [-0.39, 0.29) is 0 Å². The average molecular weight is 243 g/mol. The number of benzene rings is 1. The predicted octanol–water partition coefficient (Wildman–Crippen LogP) is 3.89. The van der Waals surface area contributed by atoms with Gasteiger partial charge >= 0.3 is 0 Å². The molecular formula is C15H17NS. The molecule has 1 N–H and O–H groups in total. The SMILES string of the molecule is c1csc(CCNc2ccc3c(c2)CCC3)c1. The topological polar surface area (TPSA) is 12.0 Å². The smallest absolute Gasteiger partial charge is 0.0343 e. The lowest BCUT2D eigenvalue weighted by Crippen LogP contribution is -2.04. The van der Waals surface area contributed by atoms with Crippen LogP contribution in [0.1, 0.15) is 22.4 Å². The van der Waals surface area contributed by atoms with Crippen LogP contribution >= 0.6 is 11.3 Å². The first-order valence-electron chi connectivity index (χ1n) is 6.30. The van der Waals surface area contributed by atoms with Crippen molar-refractivity contribution in [1.82, 2.24) is 0 Å². The van der Waals surface area contributed by atoms with Gasteiger partial charge in [0.05, 0.1) is 0 Å². The van der Waals surface area contributed by atoms with Crippen LogP contribution in [0.2, 0.25) is 0 Å². The molecule has 0 saturated heterocycles. The lowest BCUT2D eigenvalue weighted by Gasteiger charge is -2.07. The van der Waals surface area contributed by atoms with E-state index < -0.39 is 0 Å². The van der Waals surface area contributed by atoms with Crippen LogP contribution in [0, 0.1) is 0 Å². The number of thiophene rings is 1. The van der Waals surface area contributed by atoms with Crippen molar-refractivity contribution in [3.63, 3.8) is 0 Å². The minimum atomic E-state index is 1.03. The van der Waals surface area contributed by atoms with E-state index in [2.05, 4.69) is 41.0 Å². The van der Waals surface area contributed by atoms with Crippen LogP contribution in [-0.2, 0) is 19.3 Å². The second kappa shape index (κ2) is 4.92. The largest absolute Gasteiger partial charge is 0.385 e. The molecule has 0 aliphatic heterocycles. The summed E-state index contributed by atoms with van der Waals surface area (Å²) in [7, 11) is 0. The lowest BCUT2D eigenvalue weighted by atomic mass is 10.1. The standard InChI is InChI=1S/C15H17NS/c1-3-12-6-7-14(11-13(12)4-1)16-9-8-15-5-2-10-17-15/h2,5-7,10-11,16H,1,3-4,8-9H2. The zero-order valence-electron chi connectivity index (χ0n) is 9.91. The Balaban J connectivity index is 1.58. The fourth-order valence-electron chi connectivity index (χ4n) is 2.47. The maximum atomic E-state index is 3.52. The highest BCUT2D eigenvalue weighted by atomic mass is 32.1. The number of hydrogen-bond donors (Lipinski definition) is 1. The molecule has 1 aliphatic carbocycles. The van der Waals surface area contributed by atoms with Crippen molar-refractivity contribution in [3.8, 4) is 0 Å². The van der Waals surface area contributed by atoms with Crippen LogP contribution in [-0.4, -0.2) is 6.54 Å². The molecule has 0 amide bonds. The number of hydrogen-bond acceptors (Lipinski definition) is 2. The molecule has 0 fully saturated rings. The van der Waals surface area contributed by atoms with Crippen LogP contribution in [0.4, 0.5) is 5.69 Å². The van der Waals surface area contributed by atoms with E-state index in [1.165, 1.54) is 29.8 Å². The van der Waals surface area contributed by atoms with Crippen LogP contribution in [0.15, 0.2) is 35.7 Å². The van der Waals surface area contributed by atoms with Crippen molar-refractivity contribution in [2.75, 3.05) is 11.9 Å². The van der Waals surface area contributed by atoms with Crippen LogP contribution in [0.5, 0.6) is 0 Å². The molecule has 0 spiro atoms. The van der Waals surface area contributed by atoms with E-state index in [0.717, 1.165) is 13.0 Å². The molecule has 1 aliphatic rings. The van der Waals surface area contributed by atoms with Crippen LogP contribution in [0.25, 0.3) is 0 Å². The van der Waals surface area contributed by atoms with Crippen molar-refractivity contribution >= 4 is 17.0 Å².